The average Bonchev–Trinajstić information content (AvgIpc) is 2.48. The van der Waals surface area contributed by atoms with Gasteiger partial charge in [0.25, 0.3) is 5.91 Å². The lowest BCUT2D eigenvalue weighted by molar-refractivity contribution is -0.136. The number of urea groups is 1. The Hall–Kier alpha value is -1.59. The van der Waals surface area contributed by atoms with Gasteiger partial charge in [0, 0.05) is 0 Å². The first-order valence-corrected chi connectivity index (χ1v) is 5.90. The van der Waals surface area contributed by atoms with Gasteiger partial charge in [-0.05, 0) is 18.8 Å². The van der Waals surface area contributed by atoms with E-state index in [4.69, 9.17) is 5.73 Å². The van der Waals surface area contributed by atoms with E-state index >= 15 is 0 Å². The van der Waals surface area contributed by atoms with E-state index in [2.05, 4.69) is 5.32 Å². The van der Waals surface area contributed by atoms with E-state index < -0.39 is 17.5 Å². The molecule has 0 radical (unpaired) electrons. The minimum absolute atomic E-state index is 0.102. The number of carbonyl (C=O) groups is 3. The molecule has 1 aliphatic carbocycles. The molecule has 2 unspecified atom stereocenters. The molecular weight excluding hydrogens is 222 g/mol. The maximum atomic E-state index is 12.3. The number of nitrogens with one attached hydrogen (secondary N) is 1. The van der Waals surface area contributed by atoms with Gasteiger partial charge in [-0.15, -0.1) is 0 Å². The van der Waals surface area contributed by atoms with Gasteiger partial charge in [-0.3, -0.25) is 14.5 Å². The van der Waals surface area contributed by atoms with Crippen LogP contribution >= 0.6 is 0 Å². The number of hydrogen-bond acceptors (Lipinski definition) is 3. The summed E-state index contributed by atoms with van der Waals surface area (Å²) >= 11 is 0. The summed E-state index contributed by atoms with van der Waals surface area (Å²) in [4.78, 5) is 35.8. The third-order valence-electron chi connectivity index (χ3n) is 3.82. The number of nitrogens with zero attached hydrogens (tertiary/aromatic N) is 1. The Kier molecular flexibility index (Phi) is 2.81. The Morgan fingerprint density at radius 2 is 2.24 bits per heavy atom. The molecule has 17 heavy (non-hydrogen) atoms. The lowest BCUT2D eigenvalue weighted by Crippen LogP contribution is -2.54. The van der Waals surface area contributed by atoms with Crippen molar-refractivity contribution in [2.24, 2.45) is 11.7 Å². The van der Waals surface area contributed by atoms with Crippen molar-refractivity contribution in [3.63, 3.8) is 0 Å². The number of primary amides is 1. The zero-order valence-corrected chi connectivity index (χ0v) is 9.86. The largest absolute Gasteiger partial charge is 0.368 e. The molecule has 0 bridgehead atoms. The van der Waals surface area contributed by atoms with Crippen LogP contribution in [0.4, 0.5) is 4.79 Å². The molecule has 1 saturated carbocycles. The van der Waals surface area contributed by atoms with E-state index in [9.17, 15) is 14.4 Å². The van der Waals surface area contributed by atoms with Crippen LogP contribution in [0.2, 0.25) is 0 Å². The minimum atomic E-state index is -0.801. The first-order chi connectivity index (χ1) is 7.97. The van der Waals surface area contributed by atoms with E-state index in [0.29, 0.717) is 6.42 Å². The summed E-state index contributed by atoms with van der Waals surface area (Å²) in [5.74, 6) is -0.868. The Balaban J connectivity index is 2.24. The monoisotopic (exact) mass is 239 g/mol. The van der Waals surface area contributed by atoms with E-state index in [0.717, 1.165) is 24.2 Å². The Labute approximate surface area is 99.5 Å². The highest BCUT2D eigenvalue weighted by molar-refractivity contribution is 6.09. The van der Waals surface area contributed by atoms with Crippen LogP contribution in [-0.2, 0) is 9.59 Å². The fourth-order valence-electron chi connectivity index (χ4n) is 2.79. The maximum absolute atomic E-state index is 12.3. The topological polar surface area (TPSA) is 92.5 Å². The lowest BCUT2D eigenvalue weighted by Gasteiger charge is -2.36. The SMILES string of the molecule is CC1CCCCC12NC(=O)N(CC(N)=O)C2=O. The number of imide groups is 1. The molecule has 1 heterocycles. The molecule has 1 aliphatic heterocycles. The molecule has 2 atom stereocenters. The van der Waals surface area contributed by atoms with Gasteiger partial charge in [-0.2, -0.15) is 0 Å². The Morgan fingerprint density at radius 3 is 2.82 bits per heavy atom. The summed E-state index contributed by atoms with van der Waals surface area (Å²) in [6.07, 6.45) is 3.55. The zero-order chi connectivity index (χ0) is 12.6. The fourth-order valence-corrected chi connectivity index (χ4v) is 2.79. The quantitative estimate of drug-likeness (QED) is 0.663. The molecule has 0 aromatic rings. The molecular formula is C11H17N3O3. The number of carbonyl (C=O) groups excluding carboxylic acids is 3. The summed E-state index contributed by atoms with van der Waals surface area (Å²) in [6.45, 7) is 1.63. The second-order valence-corrected chi connectivity index (χ2v) is 4.91. The first kappa shape index (κ1) is 11.9. The van der Waals surface area contributed by atoms with E-state index in [1.165, 1.54) is 0 Å². The van der Waals surface area contributed by atoms with Crippen molar-refractivity contribution in [1.82, 2.24) is 10.2 Å². The standard InChI is InChI=1S/C11H17N3O3/c1-7-4-2-3-5-11(7)9(16)14(6-8(12)15)10(17)13-11/h7H,2-6H2,1H3,(H2,12,15)(H,13,17). The summed E-state index contributed by atoms with van der Waals surface area (Å²) in [6, 6.07) is -0.498. The zero-order valence-electron chi connectivity index (χ0n) is 9.86. The van der Waals surface area contributed by atoms with E-state index in [1.54, 1.807) is 0 Å². The second-order valence-electron chi connectivity index (χ2n) is 4.91. The fraction of sp³-hybridized carbons (Fsp3) is 0.727. The Bertz CT molecular complexity index is 382. The van der Waals surface area contributed by atoms with Gasteiger partial charge in [0.15, 0.2) is 0 Å². The predicted octanol–water partition coefficient (Wildman–Crippen LogP) is -0.0276. The van der Waals surface area contributed by atoms with Crippen molar-refractivity contribution in [2.45, 2.75) is 38.1 Å². The highest BCUT2D eigenvalue weighted by Crippen LogP contribution is 2.37. The van der Waals surface area contributed by atoms with Crippen molar-refractivity contribution in [3.05, 3.63) is 0 Å². The summed E-state index contributed by atoms with van der Waals surface area (Å²) in [7, 11) is 0. The number of hydrogen-bond donors (Lipinski definition) is 2. The van der Waals surface area contributed by atoms with Gasteiger partial charge in [-0.1, -0.05) is 19.8 Å². The third kappa shape index (κ3) is 1.77. The van der Waals surface area contributed by atoms with Crippen molar-refractivity contribution in [1.29, 1.82) is 0 Å². The van der Waals surface area contributed by atoms with Crippen LogP contribution in [0.1, 0.15) is 32.6 Å². The minimum Gasteiger partial charge on any atom is -0.368 e. The van der Waals surface area contributed by atoms with Crippen molar-refractivity contribution in [3.8, 4) is 0 Å². The summed E-state index contributed by atoms with van der Waals surface area (Å²) in [5.41, 5.74) is 4.24. The average molecular weight is 239 g/mol. The van der Waals surface area contributed by atoms with Crippen LogP contribution in [-0.4, -0.2) is 34.8 Å². The second kappa shape index (κ2) is 4.01. The third-order valence-corrected chi connectivity index (χ3v) is 3.82. The molecule has 1 saturated heterocycles. The van der Waals surface area contributed by atoms with Crippen molar-refractivity contribution < 1.29 is 14.4 Å². The first-order valence-electron chi connectivity index (χ1n) is 5.90. The molecule has 3 N–H and O–H groups in total. The van der Waals surface area contributed by atoms with Crippen LogP contribution in [0.5, 0.6) is 0 Å². The molecule has 0 aromatic carbocycles. The molecule has 2 aliphatic rings. The van der Waals surface area contributed by atoms with Gasteiger partial charge in [0.2, 0.25) is 5.91 Å². The van der Waals surface area contributed by atoms with Gasteiger partial charge in [0.05, 0.1) is 0 Å². The van der Waals surface area contributed by atoms with Crippen LogP contribution in [0.3, 0.4) is 0 Å². The maximum Gasteiger partial charge on any atom is 0.325 e. The van der Waals surface area contributed by atoms with Crippen molar-refractivity contribution >= 4 is 17.8 Å². The number of rotatable bonds is 2. The van der Waals surface area contributed by atoms with Gasteiger partial charge in [-0.25, -0.2) is 4.79 Å². The molecule has 6 nitrogen and oxygen atoms in total. The molecule has 94 valence electrons. The van der Waals surface area contributed by atoms with Crippen LogP contribution in [0, 0.1) is 5.92 Å². The molecule has 4 amide bonds. The molecule has 1 spiro atoms. The highest BCUT2D eigenvalue weighted by Gasteiger charge is 2.54. The normalized spacial score (nSPS) is 33.0. The highest BCUT2D eigenvalue weighted by atomic mass is 16.2. The van der Waals surface area contributed by atoms with Gasteiger partial charge >= 0.3 is 6.03 Å². The van der Waals surface area contributed by atoms with Gasteiger partial charge in [0.1, 0.15) is 12.1 Å². The molecule has 6 heteroatoms. The van der Waals surface area contributed by atoms with Gasteiger partial charge < -0.3 is 11.1 Å². The van der Waals surface area contributed by atoms with Crippen molar-refractivity contribution in [2.75, 3.05) is 6.54 Å². The number of nitrogens with two attached hydrogens (primary N) is 1. The number of amides is 4. The smallest absolute Gasteiger partial charge is 0.325 e. The molecule has 0 aromatic heterocycles. The summed E-state index contributed by atoms with van der Waals surface area (Å²) in [5, 5.41) is 2.75. The molecule has 2 rings (SSSR count). The van der Waals surface area contributed by atoms with E-state index in [-0.39, 0.29) is 18.4 Å². The molecule has 2 fully saturated rings. The van der Waals surface area contributed by atoms with E-state index in [1.807, 2.05) is 6.92 Å². The predicted molar refractivity (Wildman–Crippen MR) is 59.8 cm³/mol. The van der Waals surface area contributed by atoms with Crippen LogP contribution in [0.15, 0.2) is 0 Å². The summed E-state index contributed by atoms with van der Waals surface area (Å²) < 4.78 is 0. The Morgan fingerprint density at radius 1 is 1.53 bits per heavy atom. The van der Waals surface area contributed by atoms with Crippen LogP contribution in [0.25, 0.3) is 0 Å². The lowest BCUT2D eigenvalue weighted by atomic mass is 9.73. The van der Waals surface area contributed by atoms with Crippen LogP contribution < -0.4 is 11.1 Å².